The largest absolute Gasteiger partial charge is 1.00 e. The van der Waals surface area contributed by atoms with Crippen LogP contribution in [0, 0.1) is 0 Å². The molecule has 1 N–H and O–H groups in total. The van der Waals surface area contributed by atoms with Crippen LogP contribution < -0.4 is 44.3 Å². The fourth-order valence-corrected chi connectivity index (χ4v) is 2.78. The molecule has 1 fully saturated rings. The van der Waals surface area contributed by atoms with Gasteiger partial charge in [0, 0.05) is 25.2 Å². The molecule has 25 heavy (non-hydrogen) atoms. The van der Waals surface area contributed by atoms with Crippen molar-refractivity contribution in [3.63, 3.8) is 0 Å². The molecule has 8 heteroatoms. The Balaban J connectivity index is 0.00000288. The molecule has 0 bridgehead atoms. The van der Waals surface area contributed by atoms with Gasteiger partial charge in [-0.05, 0) is 25.6 Å². The van der Waals surface area contributed by atoms with Gasteiger partial charge in [-0.2, -0.15) is 0 Å². The first kappa shape index (κ1) is 24.1. The average Bonchev–Trinajstić information content (AvgIpc) is 2.61. The first-order chi connectivity index (χ1) is 11.3. The highest BCUT2D eigenvalue weighted by Crippen LogP contribution is 2.39. The number of nitrogens with one attached hydrogen (secondary N) is 1. The molecule has 0 amide bonds. The predicted octanol–water partition coefficient (Wildman–Crippen LogP) is -4.47. The summed E-state index contributed by atoms with van der Waals surface area (Å²) in [5.74, 6) is 2.05. The van der Waals surface area contributed by atoms with Crippen LogP contribution in [0.15, 0.2) is 12.1 Å². The summed E-state index contributed by atoms with van der Waals surface area (Å²) in [6.45, 7) is 6.63. The number of nitrogens with zero attached hydrogens (tertiary/aromatic N) is 1. The third-order valence-corrected chi connectivity index (χ3v) is 4.03. The topological polar surface area (TPSA) is 52.2 Å². The summed E-state index contributed by atoms with van der Waals surface area (Å²) >= 11 is 0. The minimum absolute atomic E-state index is 0. The minimum Gasteiger partial charge on any atom is -1.00 e. The van der Waals surface area contributed by atoms with Crippen LogP contribution in [0.4, 0.5) is 0 Å². The van der Waals surface area contributed by atoms with Gasteiger partial charge in [0.25, 0.3) is 0 Å². The highest BCUT2D eigenvalue weighted by atomic mass is 35.5. The molecule has 1 aromatic carbocycles. The second-order valence-electron chi connectivity index (χ2n) is 5.48. The highest BCUT2D eigenvalue weighted by molar-refractivity contribution is 5.55. The lowest BCUT2D eigenvalue weighted by molar-refractivity contribution is -0.00100. The molecule has 146 valence electrons. The van der Waals surface area contributed by atoms with Crippen LogP contribution in [0.25, 0.3) is 0 Å². The van der Waals surface area contributed by atoms with E-state index in [-0.39, 0.29) is 24.8 Å². The maximum atomic E-state index is 5.49. The van der Waals surface area contributed by atoms with E-state index in [4.69, 9.17) is 18.9 Å². The Morgan fingerprint density at radius 1 is 1.00 bits per heavy atom. The number of benzene rings is 1. The summed E-state index contributed by atoms with van der Waals surface area (Å²) in [6, 6.07) is 3.92. The standard InChI is InChI=1S/C17H28N2O4.2ClH/c1-20-15-6-5-14(16(21-2)17(15)22-3)13-18-7-4-8-19-9-11-23-12-10-19;;/h5-6,18H,4,7-13H2,1-3H3;2*1H/p-2. The molecule has 1 saturated heterocycles. The first-order valence-corrected chi connectivity index (χ1v) is 8.08. The Kier molecular flexibility index (Phi) is 12.8. The van der Waals surface area contributed by atoms with E-state index in [1.165, 1.54) is 0 Å². The van der Waals surface area contributed by atoms with Crippen LogP contribution in [0.2, 0.25) is 0 Å². The number of halogens is 2. The smallest absolute Gasteiger partial charge is 0.203 e. The molecule has 0 saturated carbocycles. The molecule has 1 aliphatic rings. The number of methoxy groups -OCH3 is 3. The van der Waals surface area contributed by atoms with Gasteiger partial charge in [0.15, 0.2) is 11.5 Å². The Labute approximate surface area is 163 Å². The number of rotatable bonds is 9. The molecular formula is C17H28Cl2N2O4-2. The molecule has 2 rings (SSSR count). The van der Waals surface area contributed by atoms with E-state index in [1.54, 1.807) is 21.3 Å². The molecule has 0 spiro atoms. The van der Waals surface area contributed by atoms with Crippen molar-refractivity contribution in [2.75, 3.05) is 60.7 Å². The Hall–Kier alpha value is -0.920. The van der Waals surface area contributed by atoms with Crippen LogP contribution >= 0.6 is 0 Å². The van der Waals surface area contributed by atoms with Gasteiger partial charge in [-0.3, -0.25) is 4.90 Å². The van der Waals surface area contributed by atoms with Crippen LogP contribution in [-0.2, 0) is 11.3 Å². The summed E-state index contributed by atoms with van der Waals surface area (Å²) in [5.41, 5.74) is 1.07. The lowest BCUT2D eigenvalue weighted by Crippen LogP contribution is -3.00. The van der Waals surface area contributed by atoms with Crippen molar-refractivity contribution in [2.24, 2.45) is 0 Å². The summed E-state index contributed by atoms with van der Waals surface area (Å²) in [5, 5.41) is 3.47. The molecule has 1 heterocycles. The number of hydrogen-bond acceptors (Lipinski definition) is 6. The van der Waals surface area contributed by atoms with Gasteiger partial charge in [-0.25, -0.2) is 0 Å². The molecule has 0 unspecified atom stereocenters. The molecule has 1 aromatic rings. The van der Waals surface area contributed by atoms with Gasteiger partial charge in [0.1, 0.15) is 0 Å². The zero-order chi connectivity index (χ0) is 16.5. The lowest BCUT2D eigenvalue weighted by Gasteiger charge is -2.26. The minimum atomic E-state index is 0. The van der Waals surface area contributed by atoms with E-state index < -0.39 is 0 Å². The SMILES string of the molecule is COc1ccc(CNCCCN2CCOCC2)c(OC)c1OC.[Cl-].[Cl-]. The van der Waals surface area contributed by atoms with Gasteiger partial charge in [-0.1, -0.05) is 6.07 Å². The Morgan fingerprint density at radius 2 is 1.68 bits per heavy atom. The molecule has 0 atom stereocenters. The maximum Gasteiger partial charge on any atom is 0.203 e. The fraction of sp³-hybridized carbons (Fsp3) is 0.647. The van der Waals surface area contributed by atoms with Gasteiger partial charge in [0.2, 0.25) is 5.75 Å². The van der Waals surface area contributed by atoms with Crippen molar-refractivity contribution < 1.29 is 43.8 Å². The van der Waals surface area contributed by atoms with E-state index in [1.807, 2.05) is 12.1 Å². The molecular weight excluding hydrogens is 367 g/mol. The zero-order valence-corrected chi connectivity index (χ0v) is 16.7. The van der Waals surface area contributed by atoms with Crippen molar-refractivity contribution in [2.45, 2.75) is 13.0 Å². The zero-order valence-electron chi connectivity index (χ0n) is 15.1. The van der Waals surface area contributed by atoms with Crippen LogP contribution in [-0.4, -0.2) is 65.6 Å². The van der Waals surface area contributed by atoms with Crippen molar-refractivity contribution in [1.82, 2.24) is 10.2 Å². The monoisotopic (exact) mass is 394 g/mol. The average molecular weight is 395 g/mol. The fourth-order valence-electron chi connectivity index (χ4n) is 2.78. The number of ether oxygens (including phenoxy) is 4. The third kappa shape index (κ3) is 7.07. The van der Waals surface area contributed by atoms with E-state index in [0.717, 1.165) is 63.7 Å². The lowest BCUT2D eigenvalue weighted by atomic mass is 10.1. The molecule has 0 radical (unpaired) electrons. The van der Waals surface area contributed by atoms with Gasteiger partial charge >= 0.3 is 0 Å². The van der Waals surface area contributed by atoms with Crippen LogP contribution in [0.5, 0.6) is 17.2 Å². The summed E-state index contributed by atoms with van der Waals surface area (Å²) in [4.78, 5) is 2.45. The third-order valence-electron chi connectivity index (χ3n) is 4.03. The van der Waals surface area contributed by atoms with Crippen LogP contribution in [0.1, 0.15) is 12.0 Å². The van der Waals surface area contributed by atoms with Crippen molar-refractivity contribution in [1.29, 1.82) is 0 Å². The normalized spacial score (nSPS) is 14.2. The van der Waals surface area contributed by atoms with Gasteiger partial charge in [0.05, 0.1) is 34.5 Å². The van der Waals surface area contributed by atoms with E-state index in [2.05, 4.69) is 10.2 Å². The Bertz CT molecular complexity index is 486. The van der Waals surface area contributed by atoms with E-state index in [9.17, 15) is 0 Å². The predicted molar refractivity (Wildman–Crippen MR) is 89.7 cm³/mol. The van der Waals surface area contributed by atoms with Crippen molar-refractivity contribution >= 4 is 0 Å². The second kappa shape index (κ2) is 13.3. The van der Waals surface area contributed by atoms with Crippen molar-refractivity contribution in [3.05, 3.63) is 17.7 Å². The number of hydrogen-bond donors (Lipinski definition) is 1. The first-order valence-electron chi connectivity index (χ1n) is 8.08. The summed E-state index contributed by atoms with van der Waals surface area (Å²) in [6.07, 6.45) is 1.12. The maximum absolute atomic E-state index is 5.49. The summed E-state index contributed by atoms with van der Waals surface area (Å²) < 4.78 is 21.6. The second-order valence-corrected chi connectivity index (χ2v) is 5.48. The molecule has 0 aromatic heterocycles. The molecule has 1 aliphatic heterocycles. The molecule has 6 nitrogen and oxygen atoms in total. The molecule has 0 aliphatic carbocycles. The number of morpholine rings is 1. The van der Waals surface area contributed by atoms with Gasteiger partial charge < -0.3 is 49.1 Å². The van der Waals surface area contributed by atoms with Crippen LogP contribution in [0.3, 0.4) is 0 Å². The van der Waals surface area contributed by atoms with Gasteiger partial charge in [-0.15, -0.1) is 0 Å². The summed E-state index contributed by atoms with van der Waals surface area (Å²) in [7, 11) is 4.90. The van der Waals surface area contributed by atoms with E-state index >= 15 is 0 Å². The Morgan fingerprint density at radius 3 is 2.28 bits per heavy atom. The van der Waals surface area contributed by atoms with E-state index in [0.29, 0.717) is 11.5 Å². The quantitative estimate of drug-likeness (QED) is 0.426. The highest BCUT2D eigenvalue weighted by Gasteiger charge is 2.15. The van der Waals surface area contributed by atoms with Crippen molar-refractivity contribution in [3.8, 4) is 17.2 Å².